The van der Waals surface area contributed by atoms with E-state index in [1.807, 2.05) is 17.8 Å². The quantitative estimate of drug-likeness (QED) is 0.740. The molecule has 1 heterocycles. The Balaban J connectivity index is 1.94. The minimum atomic E-state index is 0.529. The maximum atomic E-state index is 6.05. The molecular formula is C11H13Cl2NS. The van der Waals surface area contributed by atoms with Crippen LogP contribution in [0, 0.1) is 0 Å². The molecule has 0 amide bonds. The third-order valence-corrected chi connectivity index (χ3v) is 4.58. The predicted octanol–water partition coefficient (Wildman–Crippen LogP) is 4.56. The van der Waals surface area contributed by atoms with Gasteiger partial charge in [0, 0.05) is 11.0 Å². The number of hydrogen-bond donors (Lipinski definition) is 0. The van der Waals surface area contributed by atoms with E-state index in [-0.39, 0.29) is 0 Å². The second-order valence-corrected chi connectivity index (χ2v) is 5.86. The molecule has 0 atom stereocenters. The summed E-state index contributed by atoms with van der Waals surface area (Å²) in [4.78, 5) is 4.25. The van der Waals surface area contributed by atoms with Gasteiger partial charge < -0.3 is 0 Å². The van der Waals surface area contributed by atoms with Crippen LogP contribution in [0.5, 0.6) is 0 Å². The maximum absolute atomic E-state index is 6.05. The van der Waals surface area contributed by atoms with Crippen molar-refractivity contribution in [2.45, 2.75) is 36.7 Å². The first-order valence-corrected chi connectivity index (χ1v) is 6.98. The predicted molar refractivity (Wildman–Crippen MR) is 67.8 cm³/mol. The van der Waals surface area contributed by atoms with Gasteiger partial charge in [0.15, 0.2) is 0 Å². The zero-order valence-electron chi connectivity index (χ0n) is 8.38. The summed E-state index contributed by atoms with van der Waals surface area (Å²) < 4.78 is 0. The van der Waals surface area contributed by atoms with Crippen molar-refractivity contribution in [2.75, 3.05) is 0 Å². The fraction of sp³-hybridized carbons (Fsp3) is 0.545. The number of aromatic nitrogens is 1. The molecule has 82 valence electrons. The number of hydrogen-bond acceptors (Lipinski definition) is 2. The van der Waals surface area contributed by atoms with Crippen LogP contribution in [0.15, 0.2) is 12.1 Å². The monoisotopic (exact) mass is 261 g/mol. The third kappa shape index (κ3) is 3.27. The standard InChI is InChI=1S/C11H13Cl2NS/c12-9-5-6-11(13)14-10(9)7-15-8-3-1-2-4-8/h5-6,8H,1-4,7H2. The summed E-state index contributed by atoms with van der Waals surface area (Å²) in [6.45, 7) is 0. The Labute approximate surface area is 105 Å². The van der Waals surface area contributed by atoms with E-state index in [1.165, 1.54) is 25.7 Å². The number of rotatable bonds is 3. The van der Waals surface area contributed by atoms with Crippen LogP contribution in [0.4, 0.5) is 0 Å². The Kier molecular flexibility index (Phi) is 4.18. The van der Waals surface area contributed by atoms with Gasteiger partial charge in [-0.1, -0.05) is 36.0 Å². The van der Waals surface area contributed by atoms with Gasteiger partial charge in [-0.2, -0.15) is 11.8 Å². The minimum Gasteiger partial charge on any atom is -0.239 e. The largest absolute Gasteiger partial charge is 0.239 e. The lowest BCUT2D eigenvalue weighted by atomic mass is 10.4. The number of nitrogens with zero attached hydrogens (tertiary/aromatic N) is 1. The molecule has 0 bridgehead atoms. The molecule has 0 unspecified atom stereocenters. The molecule has 2 rings (SSSR count). The smallest absolute Gasteiger partial charge is 0.129 e. The SMILES string of the molecule is Clc1ccc(Cl)c(CSC2CCCC2)n1. The highest BCUT2D eigenvalue weighted by Gasteiger charge is 2.16. The van der Waals surface area contributed by atoms with E-state index in [9.17, 15) is 0 Å². The molecule has 1 saturated carbocycles. The van der Waals surface area contributed by atoms with Crippen LogP contribution in [-0.4, -0.2) is 10.2 Å². The molecule has 0 spiro atoms. The van der Waals surface area contributed by atoms with Crippen LogP contribution in [0.3, 0.4) is 0 Å². The highest BCUT2D eigenvalue weighted by atomic mass is 35.5. The normalized spacial score (nSPS) is 17.2. The summed E-state index contributed by atoms with van der Waals surface area (Å²) >= 11 is 13.8. The minimum absolute atomic E-state index is 0.529. The lowest BCUT2D eigenvalue weighted by Crippen LogP contribution is -1.97. The Morgan fingerprint density at radius 1 is 1.27 bits per heavy atom. The van der Waals surface area contributed by atoms with E-state index in [0.717, 1.165) is 21.7 Å². The van der Waals surface area contributed by atoms with Crippen LogP contribution in [0.1, 0.15) is 31.4 Å². The Morgan fingerprint density at radius 3 is 2.73 bits per heavy atom. The highest BCUT2D eigenvalue weighted by Crippen LogP contribution is 2.32. The van der Waals surface area contributed by atoms with Crippen LogP contribution in [0.25, 0.3) is 0 Å². The van der Waals surface area contributed by atoms with Gasteiger partial charge in [0.2, 0.25) is 0 Å². The van der Waals surface area contributed by atoms with Crippen molar-refractivity contribution in [1.82, 2.24) is 4.98 Å². The summed E-state index contributed by atoms with van der Waals surface area (Å²) in [5, 5.41) is 2.05. The van der Waals surface area contributed by atoms with Crippen molar-refractivity contribution in [1.29, 1.82) is 0 Å². The molecule has 0 aromatic carbocycles. The van der Waals surface area contributed by atoms with Crippen LogP contribution in [-0.2, 0) is 5.75 Å². The zero-order valence-corrected chi connectivity index (χ0v) is 10.7. The van der Waals surface area contributed by atoms with Crippen molar-refractivity contribution in [3.05, 3.63) is 28.0 Å². The second-order valence-electron chi connectivity index (χ2n) is 3.78. The first-order chi connectivity index (χ1) is 7.25. The van der Waals surface area contributed by atoms with Gasteiger partial charge in [-0.05, 0) is 25.0 Å². The molecule has 1 aliphatic rings. The molecule has 15 heavy (non-hydrogen) atoms. The summed E-state index contributed by atoms with van der Waals surface area (Å²) in [6, 6.07) is 3.55. The van der Waals surface area contributed by atoms with E-state index >= 15 is 0 Å². The third-order valence-electron chi connectivity index (χ3n) is 2.64. The number of pyridine rings is 1. The van der Waals surface area contributed by atoms with Gasteiger partial charge >= 0.3 is 0 Å². The van der Waals surface area contributed by atoms with Crippen LogP contribution in [0.2, 0.25) is 10.2 Å². The summed E-state index contributed by atoms with van der Waals surface area (Å²) in [7, 11) is 0. The molecular weight excluding hydrogens is 249 g/mol. The van der Waals surface area contributed by atoms with E-state index < -0.39 is 0 Å². The number of thioether (sulfide) groups is 1. The van der Waals surface area contributed by atoms with Gasteiger partial charge in [-0.15, -0.1) is 0 Å². The van der Waals surface area contributed by atoms with Gasteiger partial charge in [-0.3, -0.25) is 0 Å². The average Bonchev–Trinajstić information content (AvgIpc) is 2.72. The van der Waals surface area contributed by atoms with E-state index in [1.54, 1.807) is 6.07 Å². The van der Waals surface area contributed by atoms with E-state index in [0.29, 0.717) is 5.15 Å². The number of halogens is 2. The average molecular weight is 262 g/mol. The van der Waals surface area contributed by atoms with Gasteiger partial charge in [0.1, 0.15) is 5.15 Å². The van der Waals surface area contributed by atoms with Crippen LogP contribution >= 0.6 is 35.0 Å². The second kappa shape index (κ2) is 5.42. The highest BCUT2D eigenvalue weighted by molar-refractivity contribution is 7.99. The van der Waals surface area contributed by atoms with Gasteiger partial charge in [0.05, 0.1) is 10.7 Å². The van der Waals surface area contributed by atoms with Crippen molar-refractivity contribution >= 4 is 35.0 Å². The zero-order chi connectivity index (χ0) is 10.7. The van der Waals surface area contributed by atoms with Crippen molar-refractivity contribution in [3.63, 3.8) is 0 Å². The molecule has 1 aromatic rings. The Hall–Kier alpha value is 0.0800. The first kappa shape index (κ1) is 11.6. The molecule has 0 saturated heterocycles. The van der Waals surface area contributed by atoms with E-state index in [2.05, 4.69) is 4.98 Å². The van der Waals surface area contributed by atoms with Crippen molar-refractivity contribution < 1.29 is 0 Å². The van der Waals surface area contributed by atoms with Crippen molar-refractivity contribution in [3.8, 4) is 0 Å². The molecule has 1 nitrogen and oxygen atoms in total. The molecule has 0 aliphatic heterocycles. The molecule has 0 N–H and O–H groups in total. The molecule has 1 aliphatic carbocycles. The van der Waals surface area contributed by atoms with Gasteiger partial charge in [-0.25, -0.2) is 4.98 Å². The van der Waals surface area contributed by atoms with Crippen LogP contribution < -0.4 is 0 Å². The van der Waals surface area contributed by atoms with Gasteiger partial charge in [0.25, 0.3) is 0 Å². The fourth-order valence-electron chi connectivity index (χ4n) is 1.81. The first-order valence-electron chi connectivity index (χ1n) is 5.18. The van der Waals surface area contributed by atoms with E-state index in [4.69, 9.17) is 23.2 Å². The lowest BCUT2D eigenvalue weighted by molar-refractivity contribution is 0.886. The summed E-state index contributed by atoms with van der Waals surface area (Å²) in [5.74, 6) is 0.879. The molecule has 4 heteroatoms. The Morgan fingerprint density at radius 2 is 2.00 bits per heavy atom. The Bertz CT molecular complexity index is 337. The molecule has 0 radical (unpaired) electrons. The summed E-state index contributed by atoms with van der Waals surface area (Å²) in [5.41, 5.74) is 0.918. The molecule has 1 fully saturated rings. The topological polar surface area (TPSA) is 12.9 Å². The summed E-state index contributed by atoms with van der Waals surface area (Å²) in [6.07, 6.45) is 5.41. The lowest BCUT2D eigenvalue weighted by Gasteiger charge is -2.09. The molecule has 1 aromatic heterocycles. The van der Waals surface area contributed by atoms with Crippen molar-refractivity contribution in [2.24, 2.45) is 0 Å². The maximum Gasteiger partial charge on any atom is 0.129 e. The fourth-order valence-corrected chi connectivity index (χ4v) is 3.51.